The van der Waals surface area contributed by atoms with Gasteiger partial charge in [-0.15, -0.1) is 0 Å². The van der Waals surface area contributed by atoms with E-state index in [9.17, 15) is 4.79 Å². The van der Waals surface area contributed by atoms with Gasteiger partial charge in [0.25, 0.3) is 0 Å². The van der Waals surface area contributed by atoms with Gasteiger partial charge in [0.1, 0.15) is 0 Å². The molecule has 1 amide bonds. The summed E-state index contributed by atoms with van der Waals surface area (Å²) in [5.74, 6) is 1.15. The van der Waals surface area contributed by atoms with Crippen LogP contribution in [0.4, 0.5) is 0 Å². The molecule has 3 rings (SSSR count). The number of carbonyl (C=O) groups is 1. The minimum atomic E-state index is 0.290. The first-order valence-electron chi connectivity index (χ1n) is 5.36. The van der Waals surface area contributed by atoms with Gasteiger partial charge in [-0.05, 0) is 30.6 Å². The van der Waals surface area contributed by atoms with E-state index in [2.05, 4.69) is 19.2 Å². The van der Waals surface area contributed by atoms with Gasteiger partial charge in [0, 0.05) is 17.9 Å². The van der Waals surface area contributed by atoms with Crippen molar-refractivity contribution in [2.24, 2.45) is 16.7 Å². The Kier molecular flexibility index (Phi) is 1.17. The Bertz CT molecular complexity index is 284. The van der Waals surface area contributed by atoms with Crippen molar-refractivity contribution in [2.45, 2.75) is 45.6 Å². The van der Waals surface area contributed by atoms with E-state index in [0.717, 1.165) is 12.3 Å². The Balaban J connectivity index is 2.09. The largest absolute Gasteiger partial charge is 0.353 e. The normalized spacial score (nSPS) is 50.8. The van der Waals surface area contributed by atoms with E-state index in [4.69, 9.17) is 0 Å². The average molecular weight is 179 g/mol. The fourth-order valence-corrected chi connectivity index (χ4v) is 4.24. The number of hydrogen-bond donors (Lipinski definition) is 1. The molecule has 0 aromatic rings. The van der Waals surface area contributed by atoms with Crippen molar-refractivity contribution in [2.75, 3.05) is 0 Å². The zero-order chi connectivity index (χ0) is 9.27. The Morgan fingerprint density at radius 3 is 2.85 bits per heavy atom. The van der Waals surface area contributed by atoms with Crippen LogP contribution in [0.15, 0.2) is 0 Å². The first kappa shape index (κ1) is 7.84. The average Bonchev–Trinajstić information content (AvgIpc) is 2.55. The molecular weight excluding hydrogens is 162 g/mol. The van der Waals surface area contributed by atoms with Crippen molar-refractivity contribution in [1.82, 2.24) is 5.32 Å². The van der Waals surface area contributed by atoms with Gasteiger partial charge in [0.15, 0.2) is 0 Å². The zero-order valence-corrected chi connectivity index (χ0v) is 8.39. The van der Waals surface area contributed by atoms with Crippen molar-refractivity contribution < 1.29 is 4.79 Å². The zero-order valence-electron chi connectivity index (χ0n) is 8.39. The first-order chi connectivity index (χ1) is 6.06. The Hall–Kier alpha value is -0.530. The molecule has 0 aromatic carbocycles. The van der Waals surface area contributed by atoms with E-state index in [1.165, 1.54) is 19.3 Å². The highest BCUT2D eigenvalue weighted by molar-refractivity contribution is 5.80. The van der Waals surface area contributed by atoms with Gasteiger partial charge in [0.05, 0.1) is 0 Å². The van der Waals surface area contributed by atoms with Crippen LogP contribution in [0.25, 0.3) is 0 Å². The molecule has 13 heavy (non-hydrogen) atoms. The van der Waals surface area contributed by atoms with Crippen LogP contribution < -0.4 is 5.32 Å². The van der Waals surface area contributed by atoms with Crippen LogP contribution in [0.5, 0.6) is 0 Å². The second kappa shape index (κ2) is 1.94. The van der Waals surface area contributed by atoms with Gasteiger partial charge in [-0.3, -0.25) is 4.79 Å². The molecule has 3 atom stereocenters. The quantitative estimate of drug-likeness (QED) is 0.602. The third-order valence-electron chi connectivity index (χ3n) is 5.24. The lowest BCUT2D eigenvalue weighted by Crippen LogP contribution is -2.38. The van der Waals surface area contributed by atoms with Crippen LogP contribution >= 0.6 is 0 Å². The fraction of sp³-hybridized carbons (Fsp3) is 0.909. The van der Waals surface area contributed by atoms with Crippen LogP contribution in [-0.4, -0.2) is 11.9 Å². The van der Waals surface area contributed by atoms with Crippen LogP contribution in [0, 0.1) is 16.7 Å². The van der Waals surface area contributed by atoms with E-state index in [1.54, 1.807) is 0 Å². The Labute approximate surface area is 79.1 Å². The summed E-state index contributed by atoms with van der Waals surface area (Å²) in [4.78, 5) is 11.4. The smallest absolute Gasteiger partial charge is 0.220 e. The second-order valence-corrected chi connectivity index (χ2v) is 5.65. The van der Waals surface area contributed by atoms with E-state index in [-0.39, 0.29) is 0 Å². The van der Waals surface area contributed by atoms with Crippen molar-refractivity contribution in [3.05, 3.63) is 0 Å². The summed E-state index contributed by atoms with van der Waals surface area (Å²) in [5, 5.41) is 3.15. The molecular formula is C11H17NO. The molecule has 2 heteroatoms. The number of hydrogen-bond acceptors (Lipinski definition) is 1. The lowest BCUT2D eigenvalue weighted by molar-refractivity contribution is -0.120. The summed E-state index contributed by atoms with van der Waals surface area (Å²) < 4.78 is 0. The van der Waals surface area contributed by atoms with E-state index in [0.29, 0.717) is 22.8 Å². The molecule has 2 aliphatic carbocycles. The molecule has 3 fully saturated rings. The van der Waals surface area contributed by atoms with Crippen LogP contribution in [0.2, 0.25) is 0 Å². The van der Waals surface area contributed by atoms with E-state index in [1.807, 2.05) is 0 Å². The summed E-state index contributed by atoms with van der Waals surface area (Å²) in [6.07, 6.45) is 4.65. The van der Waals surface area contributed by atoms with Crippen molar-refractivity contribution in [3.8, 4) is 0 Å². The molecule has 3 aliphatic rings. The summed E-state index contributed by atoms with van der Waals surface area (Å²) >= 11 is 0. The van der Waals surface area contributed by atoms with Gasteiger partial charge in [0.2, 0.25) is 5.91 Å². The molecule has 2 nitrogen and oxygen atoms in total. The summed E-state index contributed by atoms with van der Waals surface area (Å²) in [7, 11) is 0. The molecule has 0 radical (unpaired) electrons. The molecule has 1 N–H and O–H groups in total. The predicted molar refractivity (Wildman–Crippen MR) is 50.1 cm³/mol. The third kappa shape index (κ3) is 0.660. The lowest BCUT2D eigenvalue weighted by Gasteiger charge is -2.36. The van der Waals surface area contributed by atoms with Crippen LogP contribution in [-0.2, 0) is 4.79 Å². The molecule has 1 saturated heterocycles. The van der Waals surface area contributed by atoms with Crippen LogP contribution in [0.3, 0.4) is 0 Å². The Morgan fingerprint density at radius 2 is 2.23 bits per heavy atom. The maximum Gasteiger partial charge on any atom is 0.220 e. The summed E-state index contributed by atoms with van der Waals surface area (Å²) in [6, 6.07) is 0.508. The van der Waals surface area contributed by atoms with Gasteiger partial charge >= 0.3 is 0 Å². The minimum absolute atomic E-state index is 0.290. The monoisotopic (exact) mass is 179 g/mol. The highest BCUT2D eigenvalue weighted by Gasteiger charge is 2.67. The lowest BCUT2D eigenvalue weighted by atomic mass is 9.67. The van der Waals surface area contributed by atoms with Gasteiger partial charge in [-0.2, -0.15) is 0 Å². The Morgan fingerprint density at radius 1 is 1.46 bits per heavy atom. The third-order valence-corrected chi connectivity index (χ3v) is 5.24. The molecule has 1 heterocycles. The van der Waals surface area contributed by atoms with Crippen molar-refractivity contribution in [3.63, 3.8) is 0 Å². The topological polar surface area (TPSA) is 29.1 Å². The maximum atomic E-state index is 11.4. The minimum Gasteiger partial charge on any atom is -0.353 e. The van der Waals surface area contributed by atoms with Crippen molar-refractivity contribution >= 4 is 5.91 Å². The highest BCUT2D eigenvalue weighted by Crippen LogP contribution is 2.68. The van der Waals surface area contributed by atoms with E-state index < -0.39 is 0 Å². The number of amides is 1. The van der Waals surface area contributed by atoms with Crippen molar-refractivity contribution in [1.29, 1.82) is 0 Å². The molecule has 0 aromatic heterocycles. The molecule has 72 valence electrons. The first-order valence-corrected chi connectivity index (χ1v) is 5.36. The predicted octanol–water partition coefficient (Wildman–Crippen LogP) is 1.70. The number of carbonyl (C=O) groups excluding carboxylic acids is 1. The fourth-order valence-electron chi connectivity index (χ4n) is 4.24. The standard InChI is InChI=1S/C11H17NO/c1-10(2)7-3-4-11(10)6-9(13)12-8(11)5-7/h7-8H,3-6H2,1-2H3,(H,12,13). The molecule has 2 saturated carbocycles. The maximum absolute atomic E-state index is 11.4. The number of nitrogens with one attached hydrogen (secondary N) is 1. The van der Waals surface area contributed by atoms with Gasteiger partial charge in [-0.25, -0.2) is 0 Å². The number of fused-ring (bicyclic) bond motifs is 1. The molecule has 1 spiro atoms. The molecule has 2 bridgehead atoms. The van der Waals surface area contributed by atoms with E-state index >= 15 is 0 Å². The number of rotatable bonds is 0. The highest BCUT2D eigenvalue weighted by atomic mass is 16.2. The summed E-state index contributed by atoms with van der Waals surface area (Å²) in [6.45, 7) is 4.73. The van der Waals surface area contributed by atoms with Gasteiger partial charge < -0.3 is 5.32 Å². The molecule has 3 unspecified atom stereocenters. The summed E-state index contributed by atoms with van der Waals surface area (Å²) in [5.41, 5.74) is 0.728. The SMILES string of the molecule is CC1(C)C2CCC13CC(=O)NC3C2. The van der Waals surface area contributed by atoms with Crippen LogP contribution in [0.1, 0.15) is 39.5 Å². The molecule has 1 aliphatic heterocycles. The second-order valence-electron chi connectivity index (χ2n) is 5.65. The van der Waals surface area contributed by atoms with Gasteiger partial charge in [-0.1, -0.05) is 13.8 Å².